The summed E-state index contributed by atoms with van der Waals surface area (Å²) in [5, 5.41) is 0. The maximum absolute atomic E-state index is 12.3. The van der Waals surface area contributed by atoms with Gasteiger partial charge in [0.15, 0.2) is 0 Å². The topological polar surface area (TPSA) is 29.0 Å². The van der Waals surface area contributed by atoms with Crippen LogP contribution in [0.25, 0.3) is 0 Å². The molecule has 0 aromatic heterocycles. The van der Waals surface area contributed by atoms with E-state index in [0.717, 1.165) is 11.3 Å². The van der Waals surface area contributed by atoms with Crippen LogP contribution in [0.2, 0.25) is 0 Å². The van der Waals surface area contributed by atoms with Crippen LogP contribution in [0.15, 0.2) is 53.4 Å². The maximum Gasteiger partial charge on any atom is 0.288 e. The summed E-state index contributed by atoms with van der Waals surface area (Å²) in [6, 6.07) is 15.0. The zero-order chi connectivity index (χ0) is 14.1. The SMILES string of the molecule is NC1=[N+](c2ccc(SC(F)F)cc2)Cc2ccccc21. The molecule has 1 aliphatic heterocycles. The Morgan fingerprint density at radius 3 is 2.40 bits per heavy atom. The van der Waals surface area contributed by atoms with Crippen LogP contribution >= 0.6 is 11.8 Å². The van der Waals surface area contributed by atoms with Gasteiger partial charge in [-0.2, -0.15) is 8.78 Å². The third-order valence-electron chi connectivity index (χ3n) is 3.29. The normalized spacial score (nSPS) is 13.9. The molecular formula is C15H13F2N2S+. The summed E-state index contributed by atoms with van der Waals surface area (Å²) >= 11 is 0.548. The number of nitrogens with zero attached hydrogens (tertiary/aromatic N) is 1. The maximum atomic E-state index is 12.3. The number of fused-ring (bicyclic) bond motifs is 1. The quantitative estimate of drug-likeness (QED) is 0.692. The van der Waals surface area contributed by atoms with Crippen molar-refractivity contribution in [3.63, 3.8) is 0 Å². The van der Waals surface area contributed by atoms with Gasteiger partial charge >= 0.3 is 0 Å². The van der Waals surface area contributed by atoms with Crippen LogP contribution in [0, 0.1) is 0 Å². The first-order valence-electron chi connectivity index (χ1n) is 6.18. The second-order valence-corrected chi connectivity index (χ2v) is 5.56. The predicted octanol–water partition coefficient (Wildman–Crippen LogP) is 3.56. The molecule has 2 aromatic rings. The Hall–Kier alpha value is -1.88. The molecule has 0 spiro atoms. The van der Waals surface area contributed by atoms with E-state index in [1.807, 2.05) is 41.0 Å². The highest BCUT2D eigenvalue weighted by molar-refractivity contribution is 7.99. The van der Waals surface area contributed by atoms with E-state index in [0.29, 0.717) is 29.0 Å². The molecule has 3 rings (SSSR count). The van der Waals surface area contributed by atoms with E-state index >= 15 is 0 Å². The number of benzene rings is 2. The van der Waals surface area contributed by atoms with E-state index < -0.39 is 5.76 Å². The molecular weight excluding hydrogens is 278 g/mol. The summed E-state index contributed by atoms with van der Waals surface area (Å²) in [7, 11) is 0. The molecule has 0 aliphatic carbocycles. The van der Waals surface area contributed by atoms with E-state index in [4.69, 9.17) is 5.73 Å². The zero-order valence-electron chi connectivity index (χ0n) is 10.6. The van der Waals surface area contributed by atoms with Crippen molar-refractivity contribution < 1.29 is 13.4 Å². The first kappa shape index (κ1) is 13.1. The Kier molecular flexibility index (Phi) is 3.44. The number of rotatable bonds is 3. The lowest BCUT2D eigenvalue weighted by Gasteiger charge is -2.04. The molecule has 0 radical (unpaired) electrons. The van der Waals surface area contributed by atoms with Crippen LogP contribution in [0.5, 0.6) is 0 Å². The molecule has 0 fully saturated rings. The van der Waals surface area contributed by atoms with Gasteiger partial charge in [-0.15, -0.1) is 0 Å². The highest BCUT2D eigenvalue weighted by Crippen LogP contribution is 2.29. The fourth-order valence-electron chi connectivity index (χ4n) is 2.35. The molecule has 5 heteroatoms. The monoisotopic (exact) mass is 291 g/mol. The van der Waals surface area contributed by atoms with Gasteiger partial charge < -0.3 is 0 Å². The van der Waals surface area contributed by atoms with Crippen LogP contribution in [-0.2, 0) is 6.54 Å². The second kappa shape index (κ2) is 5.25. The van der Waals surface area contributed by atoms with Gasteiger partial charge in [-0.3, -0.25) is 5.73 Å². The van der Waals surface area contributed by atoms with E-state index in [2.05, 4.69) is 0 Å². The minimum Gasteiger partial charge on any atom is -0.286 e. The summed E-state index contributed by atoms with van der Waals surface area (Å²) in [5.41, 5.74) is 9.29. The van der Waals surface area contributed by atoms with E-state index in [-0.39, 0.29) is 0 Å². The molecule has 2 nitrogen and oxygen atoms in total. The zero-order valence-corrected chi connectivity index (χ0v) is 11.4. The average Bonchev–Trinajstić information content (AvgIpc) is 2.77. The standard InChI is InChI=1S/C15H12F2N2S/c16-15(17)20-12-7-5-11(6-8-12)19-9-10-3-1-2-4-13(10)14(19)18/h1-8,15,18H,9H2/p+1. The Morgan fingerprint density at radius 1 is 1.05 bits per heavy atom. The van der Waals surface area contributed by atoms with Crippen LogP contribution in [0.1, 0.15) is 11.1 Å². The molecule has 0 saturated heterocycles. The second-order valence-electron chi connectivity index (χ2n) is 4.50. The lowest BCUT2D eigenvalue weighted by molar-refractivity contribution is -0.453. The molecule has 2 N–H and O–H groups in total. The van der Waals surface area contributed by atoms with Crippen molar-refractivity contribution in [2.24, 2.45) is 5.73 Å². The third-order valence-corrected chi connectivity index (χ3v) is 4.01. The van der Waals surface area contributed by atoms with Crippen LogP contribution in [0.4, 0.5) is 14.5 Å². The highest BCUT2D eigenvalue weighted by Gasteiger charge is 2.25. The van der Waals surface area contributed by atoms with Gasteiger partial charge in [-0.05, 0) is 30.3 Å². The predicted molar refractivity (Wildman–Crippen MR) is 76.7 cm³/mol. The largest absolute Gasteiger partial charge is 0.288 e. The van der Waals surface area contributed by atoms with Gasteiger partial charge in [0.25, 0.3) is 11.6 Å². The fraction of sp³-hybridized carbons (Fsp3) is 0.133. The molecule has 1 heterocycles. The number of thioether (sulfide) groups is 1. The van der Waals surface area contributed by atoms with Crippen molar-refractivity contribution in [2.75, 3.05) is 0 Å². The number of hydrogen-bond donors (Lipinski definition) is 1. The van der Waals surface area contributed by atoms with Crippen molar-refractivity contribution in [1.29, 1.82) is 0 Å². The van der Waals surface area contributed by atoms with Crippen LogP contribution in [0.3, 0.4) is 0 Å². The number of amidine groups is 1. The Morgan fingerprint density at radius 2 is 1.75 bits per heavy atom. The van der Waals surface area contributed by atoms with Crippen molar-refractivity contribution in [3.05, 3.63) is 59.7 Å². The smallest absolute Gasteiger partial charge is 0.286 e. The Bertz CT molecular complexity index is 666. The van der Waals surface area contributed by atoms with Crippen molar-refractivity contribution in [2.45, 2.75) is 17.2 Å². The number of halogens is 2. The van der Waals surface area contributed by atoms with Crippen molar-refractivity contribution in [1.82, 2.24) is 0 Å². The molecule has 0 unspecified atom stereocenters. The first-order valence-corrected chi connectivity index (χ1v) is 7.06. The Balaban J connectivity index is 1.90. The van der Waals surface area contributed by atoms with Gasteiger partial charge in [0.2, 0.25) is 0 Å². The minimum atomic E-state index is -2.39. The van der Waals surface area contributed by atoms with E-state index in [1.54, 1.807) is 12.1 Å². The summed E-state index contributed by atoms with van der Waals surface area (Å²) in [6.07, 6.45) is 0. The van der Waals surface area contributed by atoms with Gasteiger partial charge in [-0.25, -0.2) is 4.58 Å². The molecule has 0 saturated carbocycles. The molecule has 0 amide bonds. The molecule has 0 atom stereocenters. The van der Waals surface area contributed by atoms with Gasteiger partial charge in [0, 0.05) is 10.5 Å². The lowest BCUT2D eigenvalue weighted by Crippen LogP contribution is -2.19. The summed E-state index contributed by atoms with van der Waals surface area (Å²) in [5.74, 6) is -1.69. The summed E-state index contributed by atoms with van der Waals surface area (Å²) in [6.45, 7) is 0.712. The van der Waals surface area contributed by atoms with Crippen molar-refractivity contribution in [3.8, 4) is 0 Å². The fourth-order valence-corrected chi connectivity index (χ4v) is 2.85. The molecule has 20 heavy (non-hydrogen) atoms. The van der Waals surface area contributed by atoms with Crippen LogP contribution in [-0.4, -0.2) is 16.2 Å². The number of nitrogens with two attached hydrogens (primary N) is 1. The molecule has 2 aromatic carbocycles. The van der Waals surface area contributed by atoms with E-state index in [1.165, 1.54) is 5.56 Å². The molecule has 1 aliphatic rings. The summed E-state index contributed by atoms with van der Waals surface area (Å²) in [4.78, 5) is 0.555. The Labute approximate surface area is 119 Å². The van der Waals surface area contributed by atoms with Gasteiger partial charge in [0.05, 0.1) is 5.56 Å². The van der Waals surface area contributed by atoms with E-state index in [9.17, 15) is 8.78 Å². The number of alkyl halides is 2. The van der Waals surface area contributed by atoms with Gasteiger partial charge in [-0.1, -0.05) is 30.0 Å². The first-order chi connectivity index (χ1) is 9.65. The lowest BCUT2D eigenvalue weighted by atomic mass is 10.1. The minimum absolute atomic E-state index is 0.548. The summed E-state index contributed by atoms with van der Waals surface area (Å²) < 4.78 is 26.6. The third kappa shape index (κ3) is 2.41. The molecule has 0 bridgehead atoms. The number of hydrogen-bond acceptors (Lipinski definition) is 2. The highest BCUT2D eigenvalue weighted by atomic mass is 32.2. The van der Waals surface area contributed by atoms with Crippen molar-refractivity contribution >= 4 is 23.3 Å². The van der Waals surface area contributed by atoms with Gasteiger partial charge in [0.1, 0.15) is 12.2 Å². The van der Waals surface area contributed by atoms with Crippen LogP contribution < -0.4 is 5.73 Å². The molecule has 102 valence electrons. The average molecular weight is 291 g/mol.